The van der Waals surface area contributed by atoms with Gasteiger partial charge in [0.15, 0.2) is 0 Å². The minimum Gasteiger partial charge on any atom is -0.395 e. The predicted octanol–water partition coefficient (Wildman–Crippen LogP) is 1.95. The van der Waals surface area contributed by atoms with E-state index in [0.29, 0.717) is 19.6 Å². The molecule has 6 heteroatoms. The molecule has 0 unspecified atom stereocenters. The van der Waals surface area contributed by atoms with Crippen LogP contribution in [0.1, 0.15) is 44.2 Å². The Labute approximate surface area is 132 Å². The molecule has 0 atom stereocenters. The molecule has 1 aromatic rings. The number of carbonyl (C=O) groups is 1. The standard InChI is InChI=1S/C16H26N4O2/c21-11-10-20(9-7-14-4-2-1-3-5-14)16(22)18-12-15-6-8-17-13-19-15/h6,8,13-14,21H,1-5,7,9-12H2,(H,18,22). The van der Waals surface area contributed by atoms with Gasteiger partial charge in [-0.05, 0) is 18.4 Å². The van der Waals surface area contributed by atoms with Crippen LogP contribution in [-0.4, -0.2) is 45.7 Å². The minimum atomic E-state index is -0.136. The Hall–Kier alpha value is -1.69. The number of hydrogen-bond acceptors (Lipinski definition) is 4. The van der Waals surface area contributed by atoms with Gasteiger partial charge < -0.3 is 15.3 Å². The van der Waals surface area contributed by atoms with E-state index in [2.05, 4.69) is 15.3 Å². The molecule has 1 heterocycles. The van der Waals surface area contributed by atoms with E-state index in [1.165, 1.54) is 38.4 Å². The van der Waals surface area contributed by atoms with Crippen molar-refractivity contribution in [2.45, 2.75) is 45.1 Å². The van der Waals surface area contributed by atoms with Crippen LogP contribution in [0.15, 0.2) is 18.6 Å². The molecular formula is C16H26N4O2. The molecule has 2 amide bonds. The monoisotopic (exact) mass is 306 g/mol. The fourth-order valence-corrected chi connectivity index (χ4v) is 2.95. The first-order chi connectivity index (χ1) is 10.8. The van der Waals surface area contributed by atoms with Crippen molar-refractivity contribution in [1.82, 2.24) is 20.2 Å². The van der Waals surface area contributed by atoms with Crippen molar-refractivity contribution in [3.05, 3.63) is 24.3 Å². The van der Waals surface area contributed by atoms with Crippen LogP contribution in [0.3, 0.4) is 0 Å². The molecule has 0 aliphatic heterocycles. The van der Waals surface area contributed by atoms with E-state index in [1.54, 1.807) is 17.2 Å². The van der Waals surface area contributed by atoms with Crippen LogP contribution in [0.2, 0.25) is 0 Å². The van der Waals surface area contributed by atoms with Gasteiger partial charge in [0, 0.05) is 19.3 Å². The molecule has 6 nitrogen and oxygen atoms in total. The zero-order valence-electron chi connectivity index (χ0n) is 13.1. The lowest BCUT2D eigenvalue weighted by Gasteiger charge is -2.27. The normalized spacial score (nSPS) is 15.5. The zero-order chi connectivity index (χ0) is 15.6. The summed E-state index contributed by atoms with van der Waals surface area (Å²) in [4.78, 5) is 21.9. The van der Waals surface area contributed by atoms with Gasteiger partial charge in [0.2, 0.25) is 0 Å². The first kappa shape index (κ1) is 16.7. The van der Waals surface area contributed by atoms with E-state index in [-0.39, 0.29) is 12.6 Å². The largest absolute Gasteiger partial charge is 0.395 e. The van der Waals surface area contributed by atoms with Gasteiger partial charge >= 0.3 is 6.03 Å². The Morgan fingerprint density at radius 2 is 2.14 bits per heavy atom. The SMILES string of the molecule is O=C(NCc1ccncn1)N(CCO)CCC1CCCCC1. The molecule has 1 saturated carbocycles. The maximum absolute atomic E-state index is 12.2. The van der Waals surface area contributed by atoms with E-state index in [0.717, 1.165) is 18.0 Å². The molecule has 1 fully saturated rings. The number of hydrogen-bond donors (Lipinski definition) is 2. The molecule has 0 bridgehead atoms. The van der Waals surface area contributed by atoms with E-state index in [1.807, 2.05) is 0 Å². The number of carbonyl (C=O) groups excluding carboxylic acids is 1. The summed E-state index contributed by atoms with van der Waals surface area (Å²) in [5, 5.41) is 12.0. The number of aliphatic hydroxyl groups is 1. The molecular weight excluding hydrogens is 280 g/mol. The first-order valence-electron chi connectivity index (χ1n) is 8.18. The van der Waals surface area contributed by atoms with Gasteiger partial charge in [-0.2, -0.15) is 0 Å². The van der Waals surface area contributed by atoms with Crippen molar-refractivity contribution in [2.24, 2.45) is 5.92 Å². The van der Waals surface area contributed by atoms with Gasteiger partial charge in [0.25, 0.3) is 0 Å². The third-order valence-electron chi connectivity index (χ3n) is 4.25. The van der Waals surface area contributed by atoms with Crippen LogP contribution in [-0.2, 0) is 6.54 Å². The van der Waals surface area contributed by atoms with E-state index in [4.69, 9.17) is 5.11 Å². The second kappa shape index (κ2) is 9.35. The van der Waals surface area contributed by atoms with Crippen LogP contribution in [0, 0.1) is 5.92 Å². The molecule has 122 valence electrons. The van der Waals surface area contributed by atoms with E-state index >= 15 is 0 Å². The van der Waals surface area contributed by atoms with Crippen LogP contribution in [0.4, 0.5) is 4.79 Å². The summed E-state index contributed by atoms with van der Waals surface area (Å²) >= 11 is 0. The quantitative estimate of drug-likeness (QED) is 0.807. The summed E-state index contributed by atoms with van der Waals surface area (Å²) in [7, 11) is 0. The molecule has 0 radical (unpaired) electrons. The summed E-state index contributed by atoms with van der Waals surface area (Å²) in [5.41, 5.74) is 0.777. The smallest absolute Gasteiger partial charge is 0.317 e. The van der Waals surface area contributed by atoms with Gasteiger partial charge in [-0.15, -0.1) is 0 Å². The van der Waals surface area contributed by atoms with Crippen LogP contribution >= 0.6 is 0 Å². The molecule has 0 aromatic carbocycles. The Kier molecular flexibility index (Phi) is 7.09. The average Bonchev–Trinajstić information content (AvgIpc) is 2.58. The molecule has 1 aliphatic carbocycles. The second-order valence-corrected chi connectivity index (χ2v) is 5.86. The highest BCUT2D eigenvalue weighted by Crippen LogP contribution is 2.26. The number of urea groups is 1. The Morgan fingerprint density at radius 1 is 1.32 bits per heavy atom. The lowest BCUT2D eigenvalue weighted by Crippen LogP contribution is -2.42. The zero-order valence-corrected chi connectivity index (χ0v) is 13.1. The number of aromatic nitrogens is 2. The molecule has 2 N–H and O–H groups in total. The lowest BCUT2D eigenvalue weighted by molar-refractivity contribution is 0.169. The molecule has 0 saturated heterocycles. The van der Waals surface area contributed by atoms with Crippen LogP contribution < -0.4 is 5.32 Å². The van der Waals surface area contributed by atoms with Crippen molar-refractivity contribution < 1.29 is 9.90 Å². The highest BCUT2D eigenvalue weighted by Gasteiger charge is 2.17. The van der Waals surface area contributed by atoms with Crippen molar-refractivity contribution in [3.63, 3.8) is 0 Å². The number of nitrogens with one attached hydrogen (secondary N) is 1. The molecule has 1 aliphatic rings. The number of amides is 2. The number of rotatable bonds is 7. The minimum absolute atomic E-state index is 0.00834. The molecule has 22 heavy (non-hydrogen) atoms. The third-order valence-corrected chi connectivity index (χ3v) is 4.25. The van der Waals surface area contributed by atoms with Crippen molar-refractivity contribution in [2.75, 3.05) is 19.7 Å². The first-order valence-corrected chi connectivity index (χ1v) is 8.18. The fourth-order valence-electron chi connectivity index (χ4n) is 2.95. The second-order valence-electron chi connectivity index (χ2n) is 5.86. The Bertz CT molecular complexity index is 435. The van der Waals surface area contributed by atoms with Gasteiger partial charge in [-0.1, -0.05) is 32.1 Å². The number of nitrogens with zero attached hydrogens (tertiary/aromatic N) is 3. The summed E-state index contributed by atoms with van der Waals surface area (Å²) in [6, 6.07) is 1.64. The van der Waals surface area contributed by atoms with Gasteiger partial charge in [-0.25, -0.2) is 14.8 Å². The predicted molar refractivity (Wildman–Crippen MR) is 84.1 cm³/mol. The Morgan fingerprint density at radius 3 is 2.82 bits per heavy atom. The summed E-state index contributed by atoms with van der Waals surface area (Å²) in [5.74, 6) is 0.726. The van der Waals surface area contributed by atoms with Crippen molar-refractivity contribution in [3.8, 4) is 0 Å². The van der Waals surface area contributed by atoms with E-state index < -0.39 is 0 Å². The maximum atomic E-state index is 12.2. The van der Waals surface area contributed by atoms with Crippen molar-refractivity contribution in [1.29, 1.82) is 0 Å². The van der Waals surface area contributed by atoms with Gasteiger partial charge in [0.05, 0.1) is 18.8 Å². The highest BCUT2D eigenvalue weighted by molar-refractivity contribution is 5.74. The number of aliphatic hydroxyl groups excluding tert-OH is 1. The fraction of sp³-hybridized carbons (Fsp3) is 0.688. The van der Waals surface area contributed by atoms with Gasteiger partial charge in [-0.3, -0.25) is 0 Å². The maximum Gasteiger partial charge on any atom is 0.317 e. The average molecular weight is 306 g/mol. The van der Waals surface area contributed by atoms with Gasteiger partial charge in [0.1, 0.15) is 6.33 Å². The highest BCUT2D eigenvalue weighted by atomic mass is 16.3. The third kappa shape index (κ3) is 5.60. The van der Waals surface area contributed by atoms with E-state index in [9.17, 15) is 4.79 Å². The Balaban J connectivity index is 1.77. The molecule has 1 aromatic heterocycles. The van der Waals surface area contributed by atoms with Crippen molar-refractivity contribution >= 4 is 6.03 Å². The summed E-state index contributed by atoms with van der Waals surface area (Å²) in [6.07, 6.45) is 10.7. The summed E-state index contributed by atoms with van der Waals surface area (Å²) in [6.45, 7) is 1.46. The van der Waals surface area contributed by atoms with Crippen LogP contribution in [0.5, 0.6) is 0 Å². The molecule has 0 spiro atoms. The summed E-state index contributed by atoms with van der Waals surface area (Å²) < 4.78 is 0. The topological polar surface area (TPSA) is 78.4 Å². The lowest BCUT2D eigenvalue weighted by atomic mass is 9.87. The van der Waals surface area contributed by atoms with Crippen LogP contribution in [0.25, 0.3) is 0 Å². The molecule has 2 rings (SSSR count).